The molecule has 0 bridgehead atoms. The van der Waals surface area contributed by atoms with Gasteiger partial charge < -0.3 is 16.4 Å². The quantitative estimate of drug-likeness (QED) is 0.747. The summed E-state index contributed by atoms with van der Waals surface area (Å²) < 4.78 is 0. The molecule has 0 saturated heterocycles. The van der Waals surface area contributed by atoms with Crippen molar-refractivity contribution in [3.05, 3.63) is 64.7 Å². The molecule has 0 saturated carbocycles. The van der Waals surface area contributed by atoms with E-state index in [9.17, 15) is 9.59 Å². The third kappa shape index (κ3) is 4.81. The number of hydrogen-bond donors (Lipinski definition) is 3. The molecule has 2 aromatic rings. The van der Waals surface area contributed by atoms with Crippen LogP contribution in [0.15, 0.2) is 48.5 Å². The normalized spacial score (nSPS) is 13.1. The highest BCUT2D eigenvalue weighted by Gasteiger charge is 2.20. The minimum absolute atomic E-state index is 0.109. The van der Waals surface area contributed by atoms with Gasteiger partial charge in [-0.25, -0.2) is 0 Å². The molecule has 5 nitrogen and oxygen atoms in total. The highest BCUT2D eigenvalue weighted by Crippen LogP contribution is 2.14. The summed E-state index contributed by atoms with van der Waals surface area (Å²) in [5.74, 6) is -0.603. The van der Waals surface area contributed by atoms with Crippen LogP contribution in [0.4, 0.5) is 5.69 Å². The van der Waals surface area contributed by atoms with Crippen LogP contribution in [0.5, 0.6) is 0 Å². The Morgan fingerprint density at radius 1 is 1.04 bits per heavy atom. The Bertz CT molecular complexity index is 714. The molecular weight excluding hydrogens is 326 g/mol. The Labute approximate surface area is 146 Å². The monoisotopic (exact) mass is 346 g/mol. The molecule has 0 aromatic heterocycles. The van der Waals surface area contributed by atoms with E-state index in [0.717, 1.165) is 5.56 Å². The van der Waals surface area contributed by atoms with Crippen molar-refractivity contribution in [2.75, 3.05) is 5.32 Å². The van der Waals surface area contributed by atoms with E-state index in [4.69, 9.17) is 17.3 Å². The lowest BCUT2D eigenvalue weighted by Crippen LogP contribution is -2.91. The van der Waals surface area contributed by atoms with Crippen molar-refractivity contribution in [2.24, 2.45) is 5.73 Å². The number of benzene rings is 2. The van der Waals surface area contributed by atoms with Gasteiger partial charge in [0.05, 0.1) is 0 Å². The van der Waals surface area contributed by atoms with Gasteiger partial charge in [0.15, 0.2) is 6.04 Å². The first kappa shape index (κ1) is 18.0. The van der Waals surface area contributed by atoms with Crippen LogP contribution in [0.25, 0.3) is 0 Å². The van der Waals surface area contributed by atoms with Gasteiger partial charge in [0.2, 0.25) is 5.91 Å². The predicted molar refractivity (Wildman–Crippen MR) is 94.8 cm³/mol. The van der Waals surface area contributed by atoms with Crippen molar-refractivity contribution in [1.82, 2.24) is 0 Å². The van der Waals surface area contributed by atoms with E-state index in [1.807, 2.05) is 43.4 Å². The highest BCUT2D eigenvalue weighted by atomic mass is 35.5. The summed E-state index contributed by atoms with van der Waals surface area (Å²) in [5, 5.41) is 5.50. The van der Waals surface area contributed by atoms with E-state index in [0.29, 0.717) is 16.3 Å². The van der Waals surface area contributed by atoms with Crippen LogP contribution in [0, 0.1) is 0 Å². The maximum absolute atomic E-state index is 12.3. The largest absolute Gasteiger partial charge is 0.366 e. The Morgan fingerprint density at radius 2 is 1.62 bits per heavy atom. The molecule has 0 aliphatic heterocycles. The van der Waals surface area contributed by atoms with E-state index >= 15 is 0 Å². The summed E-state index contributed by atoms with van der Waals surface area (Å²) in [4.78, 5) is 23.3. The van der Waals surface area contributed by atoms with Crippen molar-refractivity contribution in [3.8, 4) is 0 Å². The molecule has 0 heterocycles. The molecule has 6 heteroatoms. The van der Waals surface area contributed by atoms with Crippen molar-refractivity contribution in [3.63, 3.8) is 0 Å². The number of hydrogen-bond acceptors (Lipinski definition) is 2. The van der Waals surface area contributed by atoms with Gasteiger partial charge in [-0.1, -0.05) is 23.7 Å². The van der Waals surface area contributed by atoms with Crippen molar-refractivity contribution >= 4 is 29.1 Å². The zero-order valence-electron chi connectivity index (χ0n) is 13.6. The second kappa shape index (κ2) is 7.95. The predicted octanol–water partition coefficient (Wildman–Crippen LogP) is 2.09. The number of quaternary nitrogens is 1. The van der Waals surface area contributed by atoms with Gasteiger partial charge in [0.1, 0.15) is 6.04 Å². The number of carbonyl (C=O) groups is 2. The number of anilines is 1. The Morgan fingerprint density at radius 3 is 2.17 bits per heavy atom. The first-order valence-corrected chi connectivity index (χ1v) is 8.06. The van der Waals surface area contributed by atoms with Gasteiger partial charge >= 0.3 is 0 Å². The van der Waals surface area contributed by atoms with Crippen LogP contribution >= 0.6 is 11.6 Å². The fourth-order valence-electron chi connectivity index (χ4n) is 2.37. The molecule has 0 aliphatic carbocycles. The van der Waals surface area contributed by atoms with Gasteiger partial charge in [0.25, 0.3) is 5.91 Å². The summed E-state index contributed by atoms with van der Waals surface area (Å²) >= 11 is 5.89. The zero-order chi connectivity index (χ0) is 17.7. The van der Waals surface area contributed by atoms with Gasteiger partial charge in [-0.2, -0.15) is 0 Å². The van der Waals surface area contributed by atoms with Crippen LogP contribution in [-0.2, 0) is 4.79 Å². The van der Waals surface area contributed by atoms with E-state index in [-0.39, 0.29) is 18.0 Å². The average molecular weight is 347 g/mol. The summed E-state index contributed by atoms with van der Waals surface area (Å²) in [7, 11) is 0. The Balaban J connectivity index is 1.93. The summed E-state index contributed by atoms with van der Waals surface area (Å²) in [6.45, 7) is 3.88. The lowest BCUT2D eigenvalue weighted by atomic mass is 10.1. The molecule has 0 spiro atoms. The SMILES string of the molecule is C[C@H]([NH2+][C@@H](C)c1ccc(Cl)cc1)C(=O)Nc1ccc(C(N)=O)cc1. The average Bonchev–Trinajstić information content (AvgIpc) is 2.55. The summed E-state index contributed by atoms with van der Waals surface area (Å²) in [6, 6.07) is 13.9. The number of primary amides is 1. The second-order valence-corrected chi connectivity index (χ2v) is 6.19. The molecular formula is C18H21ClN3O2+. The van der Waals surface area contributed by atoms with Crippen molar-refractivity contribution in [1.29, 1.82) is 0 Å². The zero-order valence-corrected chi connectivity index (χ0v) is 14.4. The van der Waals surface area contributed by atoms with Crippen LogP contribution < -0.4 is 16.4 Å². The first-order valence-electron chi connectivity index (χ1n) is 7.68. The van der Waals surface area contributed by atoms with Crippen LogP contribution in [0.1, 0.15) is 35.8 Å². The lowest BCUT2D eigenvalue weighted by Gasteiger charge is -2.17. The van der Waals surface area contributed by atoms with Gasteiger partial charge in [-0.05, 0) is 50.2 Å². The number of rotatable bonds is 6. The fraction of sp³-hybridized carbons (Fsp3) is 0.222. The number of nitrogens with one attached hydrogen (secondary N) is 1. The van der Waals surface area contributed by atoms with E-state index in [1.165, 1.54) is 0 Å². The maximum atomic E-state index is 12.3. The molecule has 2 atom stereocenters. The third-order valence-electron chi connectivity index (χ3n) is 3.82. The standard InChI is InChI=1S/C18H20ClN3O2/c1-11(13-3-7-15(19)8-4-13)21-12(2)18(24)22-16-9-5-14(6-10-16)17(20)23/h3-12,21H,1-2H3,(H2,20,23)(H,22,24)/p+1/t11-,12-/m0/s1. The van der Waals surface area contributed by atoms with Crippen LogP contribution in [0.3, 0.4) is 0 Å². The molecule has 2 aromatic carbocycles. The van der Waals surface area contributed by atoms with Crippen molar-refractivity contribution in [2.45, 2.75) is 25.9 Å². The summed E-state index contributed by atoms with van der Waals surface area (Å²) in [6.07, 6.45) is 0. The van der Waals surface area contributed by atoms with Gasteiger partial charge in [-0.3, -0.25) is 9.59 Å². The maximum Gasteiger partial charge on any atom is 0.282 e. The minimum atomic E-state index is -0.494. The smallest absolute Gasteiger partial charge is 0.282 e. The molecule has 5 N–H and O–H groups in total. The van der Waals surface area contributed by atoms with Crippen LogP contribution in [-0.4, -0.2) is 17.9 Å². The number of carbonyl (C=O) groups excluding carboxylic acids is 2. The van der Waals surface area contributed by atoms with Crippen molar-refractivity contribution < 1.29 is 14.9 Å². The fourth-order valence-corrected chi connectivity index (χ4v) is 2.50. The number of halogens is 1. The third-order valence-corrected chi connectivity index (χ3v) is 4.08. The molecule has 2 amide bonds. The van der Waals surface area contributed by atoms with E-state index < -0.39 is 5.91 Å². The number of amides is 2. The molecule has 0 unspecified atom stereocenters. The lowest BCUT2D eigenvalue weighted by molar-refractivity contribution is -0.709. The topological polar surface area (TPSA) is 88.8 Å². The molecule has 2 rings (SSSR count). The second-order valence-electron chi connectivity index (χ2n) is 5.75. The van der Waals surface area contributed by atoms with Gasteiger partial charge in [0, 0.05) is 21.8 Å². The molecule has 24 heavy (non-hydrogen) atoms. The summed E-state index contributed by atoms with van der Waals surface area (Å²) in [5.41, 5.74) is 7.33. The van der Waals surface area contributed by atoms with E-state index in [1.54, 1.807) is 24.3 Å². The molecule has 126 valence electrons. The first-order chi connectivity index (χ1) is 11.4. The molecule has 0 fully saturated rings. The Hall–Kier alpha value is -2.37. The van der Waals surface area contributed by atoms with Crippen LogP contribution in [0.2, 0.25) is 5.02 Å². The highest BCUT2D eigenvalue weighted by molar-refractivity contribution is 6.30. The Kier molecular flexibility index (Phi) is 5.95. The number of nitrogens with two attached hydrogens (primary N) is 2. The molecule has 0 aliphatic rings. The van der Waals surface area contributed by atoms with Gasteiger partial charge in [-0.15, -0.1) is 0 Å². The van der Waals surface area contributed by atoms with E-state index in [2.05, 4.69) is 5.32 Å². The minimum Gasteiger partial charge on any atom is -0.366 e. The molecule has 0 radical (unpaired) electrons.